The number of hydrogen-bond acceptors (Lipinski definition) is 6. The lowest BCUT2D eigenvalue weighted by molar-refractivity contribution is -0.132. The average Bonchev–Trinajstić information content (AvgIpc) is 3.21. The van der Waals surface area contributed by atoms with E-state index in [1.807, 2.05) is 0 Å². The van der Waals surface area contributed by atoms with Crippen LogP contribution in [-0.4, -0.2) is 24.2 Å². The molecule has 1 unspecified atom stereocenters. The standard InChI is InChI=1S/C22H22O6/c1-12(23)27-17-5-4-16(25)20-14(17)8-10-22(20)11-9-15-18(28-13(2)24)6-7-19(26-3)21(15)22/h4-7,25H,8-11H2,1-3H3. The molecular formula is C22H22O6. The highest BCUT2D eigenvalue weighted by atomic mass is 16.5. The Morgan fingerprint density at radius 2 is 1.36 bits per heavy atom. The maximum Gasteiger partial charge on any atom is 0.308 e. The second-order valence-corrected chi connectivity index (χ2v) is 7.33. The van der Waals surface area contributed by atoms with Crippen molar-refractivity contribution in [1.29, 1.82) is 0 Å². The number of phenols is 1. The summed E-state index contributed by atoms with van der Waals surface area (Å²) in [7, 11) is 1.61. The van der Waals surface area contributed by atoms with Crippen LogP contribution in [0.2, 0.25) is 0 Å². The quantitative estimate of drug-likeness (QED) is 0.647. The lowest BCUT2D eigenvalue weighted by atomic mass is 9.75. The molecule has 0 aliphatic heterocycles. The predicted octanol–water partition coefficient (Wildman–Crippen LogP) is 3.43. The maximum atomic E-state index is 11.5. The Kier molecular flexibility index (Phi) is 4.29. The lowest BCUT2D eigenvalue weighted by Crippen LogP contribution is -2.22. The van der Waals surface area contributed by atoms with Gasteiger partial charge in [0.1, 0.15) is 23.0 Å². The van der Waals surface area contributed by atoms with Crippen molar-refractivity contribution >= 4 is 11.9 Å². The molecule has 1 atom stereocenters. The third kappa shape index (κ3) is 2.63. The minimum Gasteiger partial charge on any atom is -0.508 e. The molecule has 0 saturated carbocycles. The second kappa shape index (κ2) is 6.55. The molecule has 0 amide bonds. The molecular weight excluding hydrogens is 360 g/mol. The number of aromatic hydroxyl groups is 1. The summed E-state index contributed by atoms with van der Waals surface area (Å²) in [5.74, 6) is 1.13. The minimum atomic E-state index is -0.466. The lowest BCUT2D eigenvalue weighted by Gasteiger charge is -2.29. The van der Waals surface area contributed by atoms with Crippen molar-refractivity contribution in [2.45, 2.75) is 44.9 Å². The first kappa shape index (κ1) is 18.3. The van der Waals surface area contributed by atoms with Crippen LogP contribution in [-0.2, 0) is 27.8 Å². The molecule has 0 bridgehead atoms. The van der Waals surface area contributed by atoms with Crippen LogP contribution in [0.3, 0.4) is 0 Å². The Morgan fingerprint density at radius 1 is 0.857 bits per heavy atom. The molecule has 0 aromatic heterocycles. The zero-order chi connectivity index (χ0) is 20.1. The molecule has 0 heterocycles. The zero-order valence-corrected chi connectivity index (χ0v) is 16.1. The number of benzene rings is 2. The molecule has 28 heavy (non-hydrogen) atoms. The number of methoxy groups -OCH3 is 1. The van der Waals surface area contributed by atoms with Crippen LogP contribution in [0.5, 0.6) is 23.0 Å². The second-order valence-electron chi connectivity index (χ2n) is 7.33. The van der Waals surface area contributed by atoms with E-state index in [0.29, 0.717) is 30.1 Å². The van der Waals surface area contributed by atoms with Gasteiger partial charge in [-0.3, -0.25) is 9.59 Å². The Bertz CT molecular complexity index is 989. The van der Waals surface area contributed by atoms with Gasteiger partial charge in [-0.1, -0.05) is 0 Å². The number of carbonyl (C=O) groups is 2. The van der Waals surface area contributed by atoms with Crippen molar-refractivity contribution in [1.82, 2.24) is 0 Å². The van der Waals surface area contributed by atoms with Gasteiger partial charge in [-0.05, 0) is 49.9 Å². The van der Waals surface area contributed by atoms with Crippen molar-refractivity contribution in [3.8, 4) is 23.0 Å². The summed E-state index contributed by atoms with van der Waals surface area (Å²) in [4.78, 5) is 23.0. The van der Waals surface area contributed by atoms with Crippen LogP contribution in [0.4, 0.5) is 0 Å². The zero-order valence-electron chi connectivity index (χ0n) is 16.1. The molecule has 0 saturated heterocycles. The number of ether oxygens (including phenoxy) is 3. The Balaban J connectivity index is 1.94. The van der Waals surface area contributed by atoms with E-state index >= 15 is 0 Å². The SMILES string of the molecule is COc1ccc(OC(C)=O)c2c1C1(CCc3c(OC(C)=O)ccc(O)c31)CC2. The van der Waals surface area contributed by atoms with Gasteiger partial charge in [-0.25, -0.2) is 0 Å². The summed E-state index contributed by atoms with van der Waals surface area (Å²) in [6.45, 7) is 2.74. The molecule has 2 aliphatic rings. The number of fused-ring (bicyclic) bond motifs is 4. The smallest absolute Gasteiger partial charge is 0.308 e. The van der Waals surface area contributed by atoms with E-state index in [0.717, 1.165) is 35.1 Å². The number of rotatable bonds is 3. The Hall–Kier alpha value is -3.02. The molecule has 146 valence electrons. The van der Waals surface area contributed by atoms with E-state index in [4.69, 9.17) is 14.2 Å². The van der Waals surface area contributed by atoms with Crippen LogP contribution in [0.15, 0.2) is 24.3 Å². The molecule has 2 aliphatic carbocycles. The number of carbonyl (C=O) groups excluding carboxylic acids is 2. The number of phenolic OH excluding ortho intramolecular Hbond substituents is 1. The monoisotopic (exact) mass is 382 g/mol. The van der Waals surface area contributed by atoms with Crippen LogP contribution in [0.1, 0.15) is 48.9 Å². The third-order valence-electron chi connectivity index (χ3n) is 5.77. The van der Waals surface area contributed by atoms with Crippen molar-refractivity contribution in [3.05, 3.63) is 46.5 Å². The van der Waals surface area contributed by atoms with E-state index in [9.17, 15) is 14.7 Å². The van der Waals surface area contributed by atoms with E-state index in [-0.39, 0.29) is 11.7 Å². The van der Waals surface area contributed by atoms with Gasteiger partial charge in [-0.15, -0.1) is 0 Å². The molecule has 6 heteroatoms. The molecule has 1 spiro atoms. The number of esters is 2. The summed E-state index contributed by atoms with van der Waals surface area (Å²) >= 11 is 0. The van der Waals surface area contributed by atoms with Gasteiger partial charge in [-0.2, -0.15) is 0 Å². The first-order valence-corrected chi connectivity index (χ1v) is 9.30. The highest BCUT2D eigenvalue weighted by Crippen LogP contribution is 2.60. The Morgan fingerprint density at radius 3 is 1.89 bits per heavy atom. The molecule has 2 aromatic rings. The highest BCUT2D eigenvalue weighted by Gasteiger charge is 2.50. The van der Waals surface area contributed by atoms with E-state index in [1.54, 1.807) is 31.4 Å². The van der Waals surface area contributed by atoms with Crippen LogP contribution >= 0.6 is 0 Å². The fourth-order valence-electron chi connectivity index (χ4n) is 4.88. The Labute approximate surface area is 163 Å². The van der Waals surface area contributed by atoms with Crippen molar-refractivity contribution in [2.75, 3.05) is 7.11 Å². The van der Waals surface area contributed by atoms with E-state index < -0.39 is 11.4 Å². The first-order chi connectivity index (χ1) is 13.4. The molecule has 0 fully saturated rings. The van der Waals surface area contributed by atoms with Crippen molar-refractivity contribution < 1.29 is 28.9 Å². The summed E-state index contributed by atoms with van der Waals surface area (Å²) in [5, 5.41) is 10.8. The van der Waals surface area contributed by atoms with Gasteiger partial charge in [0, 0.05) is 41.5 Å². The fourth-order valence-corrected chi connectivity index (χ4v) is 4.88. The largest absolute Gasteiger partial charge is 0.508 e. The van der Waals surface area contributed by atoms with Crippen molar-refractivity contribution in [3.63, 3.8) is 0 Å². The van der Waals surface area contributed by atoms with Crippen LogP contribution < -0.4 is 14.2 Å². The predicted molar refractivity (Wildman–Crippen MR) is 101 cm³/mol. The summed E-state index contributed by atoms with van der Waals surface area (Å²) < 4.78 is 16.5. The summed E-state index contributed by atoms with van der Waals surface area (Å²) in [6.07, 6.45) is 2.88. The van der Waals surface area contributed by atoms with Gasteiger partial charge in [0.2, 0.25) is 0 Å². The summed E-state index contributed by atoms with van der Waals surface area (Å²) in [6, 6.07) is 6.76. The van der Waals surface area contributed by atoms with Crippen LogP contribution in [0.25, 0.3) is 0 Å². The minimum absolute atomic E-state index is 0.177. The molecule has 0 radical (unpaired) electrons. The van der Waals surface area contributed by atoms with Gasteiger partial charge >= 0.3 is 11.9 Å². The van der Waals surface area contributed by atoms with Gasteiger partial charge < -0.3 is 19.3 Å². The van der Waals surface area contributed by atoms with Gasteiger partial charge in [0.15, 0.2) is 0 Å². The van der Waals surface area contributed by atoms with E-state index in [1.165, 1.54) is 13.8 Å². The molecule has 1 N–H and O–H groups in total. The first-order valence-electron chi connectivity index (χ1n) is 9.30. The van der Waals surface area contributed by atoms with Crippen LogP contribution in [0, 0.1) is 0 Å². The van der Waals surface area contributed by atoms with Gasteiger partial charge in [0.25, 0.3) is 0 Å². The topological polar surface area (TPSA) is 82.1 Å². The van der Waals surface area contributed by atoms with Crippen molar-refractivity contribution in [2.24, 2.45) is 0 Å². The normalized spacial score (nSPS) is 19.2. The molecule has 6 nitrogen and oxygen atoms in total. The molecule has 2 aromatic carbocycles. The maximum absolute atomic E-state index is 11.5. The molecule has 4 rings (SSSR count). The average molecular weight is 382 g/mol. The third-order valence-corrected chi connectivity index (χ3v) is 5.77. The fraction of sp³-hybridized carbons (Fsp3) is 0.364. The highest BCUT2D eigenvalue weighted by molar-refractivity contribution is 5.74. The van der Waals surface area contributed by atoms with Gasteiger partial charge in [0.05, 0.1) is 7.11 Å². The number of hydrogen-bond donors (Lipinski definition) is 1. The van der Waals surface area contributed by atoms with E-state index in [2.05, 4.69) is 0 Å². The summed E-state index contributed by atoms with van der Waals surface area (Å²) in [5.41, 5.74) is 3.04.